The summed E-state index contributed by atoms with van der Waals surface area (Å²) >= 11 is 6.63. The second-order valence-electron chi connectivity index (χ2n) is 14.7. The largest absolute Gasteiger partial charge is 0.490 e. The van der Waals surface area contributed by atoms with Crippen molar-refractivity contribution in [3.8, 4) is 16.9 Å². The molecule has 2 aliphatic carbocycles. The highest BCUT2D eigenvalue weighted by Gasteiger charge is 2.48. The van der Waals surface area contributed by atoms with E-state index in [1.54, 1.807) is 18.3 Å². The number of pyridine rings is 1. The molecule has 0 radical (unpaired) electrons. The molecule has 2 aromatic carbocycles. The number of halogens is 1. The molecule has 2 amide bonds. The predicted molar refractivity (Wildman–Crippen MR) is 206 cm³/mol. The molecule has 14 nitrogen and oxygen atoms in total. The fraction of sp³-hybridized carbons (Fsp3) is 0.538. The Morgan fingerprint density at radius 3 is 2.42 bits per heavy atom. The molecule has 1 aromatic heterocycles. The van der Waals surface area contributed by atoms with E-state index in [0.29, 0.717) is 23.4 Å². The number of ether oxygens (including phenoxy) is 2. The maximum absolute atomic E-state index is 14.0. The lowest BCUT2D eigenvalue weighted by Gasteiger charge is -2.25. The first-order chi connectivity index (χ1) is 26.3. The van der Waals surface area contributed by atoms with E-state index in [9.17, 15) is 33.6 Å². The highest BCUT2D eigenvalue weighted by molar-refractivity contribution is 7.89. The second-order valence-corrected chi connectivity index (χ2v) is 17.0. The lowest BCUT2D eigenvalue weighted by atomic mass is 9.96. The topological polar surface area (TPSA) is 211 Å². The van der Waals surface area contributed by atoms with Crippen LogP contribution in [-0.2, 0) is 27.0 Å². The maximum Gasteiger partial charge on any atom is 0.314 e. The van der Waals surface area contributed by atoms with Crippen LogP contribution < -0.4 is 15.4 Å². The van der Waals surface area contributed by atoms with E-state index in [0.717, 1.165) is 48.1 Å². The number of urea groups is 1. The third-order valence-corrected chi connectivity index (χ3v) is 11.9. The van der Waals surface area contributed by atoms with Gasteiger partial charge in [-0.05, 0) is 85.9 Å². The highest BCUT2D eigenvalue weighted by atomic mass is 35.5. The fourth-order valence-electron chi connectivity index (χ4n) is 6.22. The number of para-hydroxylation sites is 1. The van der Waals surface area contributed by atoms with Gasteiger partial charge in [-0.15, -0.1) is 0 Å². The summed E-state index contributed by atoms with van der Waals surface area (Å²) in [5, 5.41) is 53.3. The predicted octanol–water partition coefficient (Wildman–Crippen LogP) is 3.31. The van der Waals surface area contributed by atoms with Gasteiger partial charge in [0.2, 0.25) is 10.0 Å². The number of aliphatic hydroxyl groups is 5. The monoisotopic (exact) mass is 804 g/mol. The van der Waals surface area contributed by atoms with Gasteiger partial charge in [-0.2, -0.15) is 4.31 Å². The molecule has 0 saturated heterocycles. The minimum Gasteiger partial charge on any atom is -0.490 e. The van der Waals surface area contributed by atoms with E-state index in [-0.39, 0.29) is 43.2 Å². The number of amides is 2. The van der Waals surface area contributed by atoms with Crippen LogP contribution in [-0.4, -0.2) is 113 Å². The Balaban J connectivity index is 1.18. The van der Waals surface area contributed by atoms with E-state index < -0.39 is 59.2 Å². The van der Waals surface area contributed by atoms with E-state index in [1.165, 1.54) is 10.4 Å². The Labute approximate surface area is 327 Å². The Kier molecular flexibility index (Phi) is 14.9. The van der Waals surface area contributed by atoms with Crippen LogP contribution in [0.3, 0.4) is 0 Å². The summed E-state index contributed by atoms with van der Waals surface area (Å²) in [5.41, 5.74) is 2.85. The average molecular weight is 805 g/mol. The summed E-state index contributed by atoms with van der Waals surface area (Å²) in [6, 6.07) is 14.0. The number of rotatable bonds is 22. The van der Waals surface area contributed by atoms with Crippen molar-refractivity contribution in [3.63, 3.8) is 0 Å². The number of nitrogens with one attached hydrogen (secondary N) is 2. The number of hydrogen-bond donors (Lipinski definition) is 7. The van der Waals surface area contributed by atoms with Crippen molar-refractivity contribution in [2.75, 3.05) is 32.8 Å². The van der Waals surface area contributed by atoms with Gasteiger partial charge in [0, 0.05) is 54.7 Å². The Morgan fingerprint density at radius 1 is 1.00 bits per heavy atom. The Hall–Kier alpha value is -3.38. The van der Waals surface area contributed by atoms with Gasteiger partial charge >= 0.3 is 6.03 Å². The minimum absolute atomic E-state index is 0.0378. The Bertz CT molecular complexity index is 1840. The molecule has 5 rings (SSSR count). The number of hydrogen-bond acceptors (Lipinski definition) is 11. The van der Waals surface area contributed by atoms with Crippen LogP contribution in [0.2, 0.25) is 5.02 Å². The van der Waals surface area contributed by atoms with Crippen LogP contribution in [0.15, 0.2) is 65.8 Å². The summed E-state index contributed by atoms with van der Waals surface area (Å²) in [5.74, 6) is 0.863. The molecule has 0 aliphatic heterocycles. The van der Waals surface area contributed by atoms with Gasteiger partial charge in [-0.1, -0.05) is 43.6 Å². The molecule has 2 aliphatic rings. The molecule has 3 aromatic rings. The lowest BCUT2D eigenvalue weighted by Crippen LogP contribution is -2.50. The van der Waals surface area contributed by atoms with Crippen molar-refractivity contribution in [2.45, 2.75) is 100.0 Å². The molecule has 7 N–H and O–H groups in total. The van der Waals surface area contributed by atoms with Crippen LogP contribution in [0.4, 0.5) is 4.79 Å². The molecule has 302 valence electrons. The first-order valence-corrected chi connectivity index (χ1v) is 20.6. The zero-order valence-electron chi connectivity index (χ0n) is 31.2. The summed E-state index contributed by atoms with van der Waals surface area (Å²) < 4.78 is 42.3. The van der Waals surface area contributed by atoms with Crippen LogP contribution in [0.25, 0.3) is 11.1 Å². The zero-order chi connectivity index (χ0) is 39.8. The number of aromatic nitrogens is 1. The molecule has 4 atom stereocenters. The normalized spacial score (nSPS) is 17.4. The quantitative estimate of drug-likeness (QED) is 0.0733. The van der Waals surface area contributed by atoms with Gasteiger partial charge in [0.1, 0.15) is 24.1 Å². The second kappa shape index (κ2) is 19.2. The zero-order valence-corrected chi connectivity index (χ0v) is 32.8. The molecule has 0 spiro atoms. The number of benzene rings is 2. The number of nitrogens with zero attached hydrogens (tertiary/aromatic N) is 2. The summed E-state index contributed by atoms with van der Waals surface area (Å²) in [7, 11) is -3.93. The first-order valence-electron chi connectivity index (χ1n) is 18.7. The number of sulfonamides is 1. The van der Waals surface area contributed by atoms with Gasteiger partial charge < -0.3 is 45.6 Å². The molecule has 2 fully saturated rings. The third-order valence-electron chi connectivity index (χ3n) is 9.66. The van der Waals surface area contributed by atoms with Crippen LogP contribution in [0, 0.1) is 5.92 Å². The van der Waals surface area contributed by atoms with Crippen molar-refractivity contribution in [2.24, 2.45) is 5.92 Å². The number of carbonyl (C=O) groups excluding carboxylic acids is 1. The molecule has 1 heterocycles. The van der Waals surface area contributed by atoms with Crippen molar-refractivity contribution in [3.05, 3.63) is 77.1 Å². The van der Waals surface area contributed by atoms with Crippen molar-refractivity contribution < 1.29 is 48.2 Å². The van der Waals surface area contributed by atoms with E-state index >= 15 is 0 Å². The third kappa shape index (κ3) is 11.4. The molecule has 55 heavy (non-hydrogen) atoms. The summed E-state index contributed by atoms with van der Waals surface area (Å²) in [4.78, 5) is 16.7. The van der Waals surface area contributed by atoms with Gasteiger partial charge in [-0.25, -0.2) is 13.2 Å². The average Bonchev–Trinajstić information content (AvgIpc) is 4.13. The molecule has 0 bridgehead atoms. The number of unbranched alkanes of at least 4 members (excludes halogenated alkanes) is 1. The van der Waals surface area contributed by atoms with Gasteiger partial charge in [0.05, 0.1) is 35.9 Å². The van der Waals surface area contributed by atoms with Crippen LogP contribution in [0.5, 0.6) is 5.75 Å². The Morgan fingerprint density at radius 2 is 1.73 bits per heavy atom. The SMILES string of the molecule is CC(C)CN(CCCCNC(=O)NC[C@H](O)[C@@H](O)[C@H](O)[C@H](O)CO)S(=O)(=O)c1ccc(Cl)c(COC2(c3cnccc3-c3ccccc3OC3CC3)CC2)c1. The summed E-state index contributed by atoms with van der Waals surface area (Å²) in [6.07, 6.45) is 1.51. The van der Waals surface area contributed by atoms with Crippen LogP contribution >= 0.6 is 11.6 Å². The first kappa shape index (κ1) is 42.8. The van der Waals surface area contributed by atoms with Crippen molar-refractivity contribution in [1.82, 2.24) is 19.9 Å². The summed E-state index contributed by atoms with van der Waals surface area (Å²) in [6.45, 7) is 3.40. The van der Waals surface area contributed by atoms with E-state index in [2.05, 4.69) is 15.6 Å². The van der Waals surface area contributed by atoms with E-state index in [1.807, 2.05) is 50.4 Å². The maximum atomic E-state index is 14.0. The lowest BCUT2D eigenvalue weighted by molar-refractivity contribution is -0.113. The molecule has 16 heteroatoms. The molecular formula is C39H53ClN4O10S. The van der Waals surface area contributed by atoms with Gasteiger partial charge in [-0.3, -0.25) is 4.98 Å². The van der Waals surface area contributed by atoms with Crippen molar-refractivity contribution in [1.29, 1.82) is 0 Å². The van der Waals surface area contributed by atoms with Crippen LogP contribution in [0.1, 0.15) is 63.5 Å². The number of carbonyl (C=O) groups is 1. The molecule has 0 unspecified atom stereocenters. The van der Waals surface area contributed by atoms with Gasteiger partial charge in [0.15, 0.2) is 0 Å². The minimum atomic E-state index is -3.93. The van der Waals surface area contributed by atoms with E-state index in [4.69, 9.17) is 26.2 Å². The molecule has 2 saturated carbocycles. The smallest absolute Gasteiger partial charge is 0.314 e. The fourth-order valence-corrected chi connectivity index (χ4v) is 8.08. The molecular weight excluding hydrogens is 752 g/mol. The highest BCUT2D eigenvalue weighted by Crippen LogP contribution is 2.53. The van der Waals surface area contributed by atoms with Crippen molar-refractivity contribution >= 4 is 27.7 Å². The van der Waals surface area contributed by atoms with Gasteiger partial charge in [0.25, 0.3) is 0 Å². The number of aliphatic hydroxyl groups excluding tert-OH is 5. The standard InChI is InChI=1S/C39H53ClN4O10S/c1-25(2)22-44(18-6-5-16-42-38(50)43-21-33(46)36(48)37(49)34(47)23-45)55(51,52)28-11-12-32(40)26(19-28)24-53-39(14-15-39)31-20-41-17-13-29(31)30-7-3-4-8-35(30)54-27-9-10-27/h3-4,7-8,11-13,17,19-20,25,27,33-34,36-37,45-49H,5-6,9-10,14-16,18,21-24H2,1-2H3,(H2,42,43,50)/t33-,34+,36+,37+/m0/s1.